The Morgan fingerprint density at radius 1 is 1.14 bits per heavy atom. The van der Waals surface area contributed by atoms with Crippen LogP contribution >= 0.6 is 0 Å². The van der Waals surface area contributed by atoms with Crippen molar-refractivity contribution in [2.75, 3.05) is 27.8 Å². The van der Waals surface area contributed by atoms with E-state index in [9.17, 15) is 10.2 Å². The minimum atomic E-state index is -0.983. The Morgan fingerprint density at radius 3 is 2.65 bits per heavy atom. The number of piperidine rings is 1. The smallest absolute Gasteiger partial charge is 0.166 e. The highest BCUT2D eigenvalue weighted by Gasteiger charge is 2.80. The van der Waals surface area contributed by atoms with E-state index in [1.165, 1.54) is 11.1 Å². The van der Waals surface area contributed by atoms with Crippen molar-refractivity contribution in [2.24, 2.45) is 11.3 Å². The summed E-state index contributed by atoms with van der Waals surface area (Å²) in [7, 11) is 5.75. The van der Waals surface area contributed by atoms with Gasteiger partial charge in [-0.1, -0.05) is 30.4 Å². The number of aromatic hydroxyl groups is 1. The molecule has 8 rings (SSSR count). The molecule has 0 unspecified atom stereocenters. The zero-order valence-electron chi connectivity index (χ0n) is 22.2. The Morgan fingerprint density at radius 2 is 1.92 bits per heavy atom. The molecule has 2 N–H and O–H groups in total. The lowest BCUT2D eigenvalue weighted by Gasteiger charge is -2.72. The fraction of sp³-hybridized carbons (Fsp3) is 0.548. The van der Waals surface area contributed by atoms with Crippen LogP contribution in [0.2, 0.25) is 0 Å². The molecule has 4 bridgehead atoms. The van der Waals surface area contributed by atoms with E-state index in [1.54, 1.807) is 26.4 Å². The molecule has 2 fully saturated rings. The Kier molecular flexibility index (Phi) is 4.79. The molecule has 37 heavy (non-hydrogen) atoms. The van der Waals surface area contributed by atoms with Gasteiger partial charge in [-0.05, 0) is 81.9 Å². The number of hydrogen-bond acceptors (Lipinski definition) is 6. The summed E-state index contributed by atoms with van der Waals surface area (Å²) in [5, 5.41) is 21.9. The molecular formula is C31H37NO5. The topological polar surface area (TPSA) is 71.4 Å². The average Bonchev–Trinajstić information content (AvgIpc) is 3.27. The summed E-state index contributed by atoms with van der Waals surface area (Å²) in [5.41, 5.74) is 1.71. The van der Waals surface area contributed by atoms with Crippen LogP contribution in [0.4, 0.5) is 0 Å². The normalized spacial score (nSPS) is 38.1. The largest absolute Gasteiger partial charge is 0.508 e. The van der Waals surface area contributed by atoms with Crippen molar-refractivity contribution in [3.63, 3.8) is 0 Å². The van der Waals surface area contributed by atoms with E-state index in [0.717, 1.165) is 49.3 Å². The summed E-state index contributed by atoms with van der Waals surface area (Å²) in [4.78, 5) is 2.53. The molecule has 2 spiro atoms. The Bertz CT molecular complexity index is 1290. The number of aryl methyl sites for hydroxylation is 1. The van der Waals surface area contributed by atoms with Gasteiger partial charge in [0.25, 0.3) is 0 Å². The Labute approximate surface area is 218 Å². The number of likely N-dealkylation sites (N-methyl/N-ethyl adjacent to an activating group) is 1. The number of benzene rings is 2. The van der Waals surface area contributed by atoms with Crippen molar-refractivity contribution in [3.05, 3.63) is 65.2 Å². The van der Waals surface area contributed by atoms with Crippen molar-refractivity contribution < 1.29 is 24.4 Å². The number of methoxy groups -OCH3 is 2. The quantitative estimate of drug-likeness (QED) is 0.581. The van der Waals surface area contributed by atoms with E-state index in [-0.39, 0.29) is 28.6 Å². The maximum Gasteiger partial charge on any atom is 0.166 e. The predicted octanol–water partition coefficient (Wildman–Crippen LogP) is 4.00. The van der Waals surface area contributed by atoms with E-state index < -0.39 is 11.2 Å². The highest BCUT2D eigenvalue weighted by molar-refractivity contribution is 5.65. The van der Waals surface area contributed by atoms with E-state index in [0.29, 0.717) is 12.5 Å². The zero-order valence-corrected chi connectivity index (χ0v) is 22.2. The number of hydrogen-bond donors (Lipinski definition) is 2. The van der Waals surface area contributed by atoms with Crippen LogP contribution in [0, 0.1) is 11.3 Å². The van der Waals surface area contributed by atoms with Gasteiger partial charge in [0.1, 0.15) is 17.5 Å². The first-order valence-electron chi connectivity index (χ1n) is 13.6. The fourth-order valence-electron chi connectivity index (χ4n) is 9.14. The summed E-state index contributed by atoms with van der Waals surface area (Å²) in [6.45, 7) is 2.99. The maximum atomic E-state index is 12.2. The second kappa shape index (κ2) is 7.52. The number of phenols is 1. The van der Waals surface area contributed by atoms with Gasteiger partial charge in [0.15, 0.2) is 11.5 Å². The minimum Gasteiger partial charge on any atom is -0.508 e. The number of nitrogens with zero attached hydrogens (tertiary/aromatic N) is 1. The van der Waals surface area contributed by atoms with E-state index in [2.05, 4.69) is 36.2 Å². The lowest BCUT2D eigenvalue weighted by Crippen LogP contribution is -2.80. The van der Waals surface area contributed by atoms with Gasteiger partial charge in [-0.15, -0.1) is 0 Å². The zero-order chi connectivity index (χ0) is 25.8. The van der Waals surface area contributed by atoms with Gasteiger partial charge in [-0.2, -0.15) is 0 Å². The highest BCUT2D eigenvalue weighted by Crippen LogP contribution is 2.75. The van der Waals surface area contributed by atoms with Gasteiger partial charge >= 0.3 is 0 Å². The minimum absolute atomic E-state index is 0.138. The molecule has 2 aromatic carbocycles. The van der Waals surface area contributed by atoms with Crippen LogP contribution in [0.5, 0.6) is 17.2 Å². The van der Waals surface area contributed by atoms with E-state index in [4.69, 9.17) is 14.2 Å². The summed E-state index contributed by atoms with van der Waals surface area (Å²) in [6, 6.07) is 11.9. The van der Waals surface area contributed by atoms with Gasteiger partial charge in [0.05, 0.1) is 18.1 Å². The van der Waals surface area contributed by atoms with E-state index in [1.807, 2.05) is 19.1 Å². The summed E-state index contributed by atoms with van der Waals surface area (Å²) >= 11 is 0. The number of aliphatic hydroxyl groups is 1. The molecule has 0 amide bonds. The highest BCUT2D eigenvalue weighted by atomic mass is 16.6. The van der Waals surface area contributed by atoms with Crippen molar-refractivity contribution in [3.8, 4) is 17.2 Å². The van der Waals surface area contributed by atoms with Crippen molar-refractivity contribution in [2.45, 2.75) is 67.8 Å². The average molecular weight is 504 g/mol. The first kappa shape index (κ1) is 23.6. The van der Waals surface area contributed by atoms with Gasteiger partial charge in [0, 0.05) is 30.0 Å². The third-order valence-corrected chi connectivity index (χ3v) is 10.9. The Hall–Kier alpha value is -2.54. The first-order valence-corrected chi connectivity index (χ1v) is 13.6. The molecular weight excluding hydrogens is 466 g/mol. The van der Waals surface area contributed by atoms with Crippen molar-refractivity contribution >= 4 is 0 Å². The molecule has 6 nitrogen and oxygen atoms in total. The van der Waals surface area contributed by atoms with Gasteiger partial charge < -0.3 is 29.3 Å². The molecule has 2 aromatic rings. The SMILES string of the molecule is COc1ccc2c3c1O[C@H]1[C@@]4(OC)C=C[C@@]5(C[C@@H]4[C@](C)(O)CCc4ccc(O)cc4)[C@@H](C2)N(C)CC[C@]315. The number of fused-ring (bicyclic) bond motifs is 1. The second-order valence-corrected chi connectivity index (χ2v) is 12.3. The number of phenolic OH excluding ortho intramolecular Hbond substituents is 1. The maximum absolute atomic E-state index is 12.2. The molecule has 2 heterocycles. The number of rotatable bonds is 6. The van der Waals surface area contributed by atoms with Crippen LogP contribution in [0.15, 0.2) is 48.6 Å². The molecule has 2 aliphatic heterocycles. The van der Waals surface area contributed by atoms with Crippen LogP contribution in [0.25, 0.3) is 0 Å². The molecule has 196 valence electrons. The molecule has 7 atom stereocenters. The fourth-order valence-corrected chi connectivity index (χ4v) is 9.14. The van der Waals surface area contributed by atoms with E-state index >= 15 is 0 Å². The van der Waals surface area contributed by atoms with Crippen molar-refractivity contribution in [1.29, 1.82) is 0 Å². The number of ether oxygens (including phenoxy) is 3. The molecule has 4 aliphatic carbocycles. The summed E-state index contributed by atoms with van der Waals surface area (Å²) in [5.74, 6) is 1.79. The van der Waals surface area contributed by atoms with Crippen LogP contribution in [0.1, 0.15) is 42.9 Å². The third kappa shape index (κ3) is 2.71. The van der Waals surface area contributed by atoms with Gasteiger partial charge in [-0.3, -0.25) is 0 Å². The molecule has 1 saturated carbocycles. The monoisotopic (exact) mass is 503 g/mol. The molecule has 1 saturated heterocycles. The Balaban J connectivity index is 1.36. The van der Waals surface area contributed by atoms with Gasteiger partial charge in [0.2, 0.25) is 0 Å². The van der Waals surface area contributed by atoms with Crippen LogP contribution in [-0.4, -0.2) is 66.3 Å². The first-order chi connectivity index (χ1) is 17.7. The predicted molar refractivity (Wildman–Crippen MR) is 140 cm³/mol. The number of likely N-dealkylation sites (tertiary alicyclic amines) is 1. The molecule has 0 aromatic heterocycles. The molecule has 6 heteroatoms. The molecule has 6 aliphatic rings. The second-order valence-electron chi connectivity index (χ2n) is 12.3. The van der Waals surface area contributed by atoms with Gasteiger partial charge in [-0.25, -0.2) is 0 Å². The van der Waals surface area contributed by atoms with Crippen molar-refractivity contribution in [1.82, 2.24) is 4.90 Å². The van der Waals surface area contributed by atoms with Crippen LogP contribution < -0.4 is 9.47 Å². The lowest BCUT2D eigenvalue weighted by atomic mass is 9.36. The lowest BCUT2D eigenvalue weighted by molar-refractivity contribution is -0.247. The molecule has 0 radical (unpaired) electrons. The van der Waals surface area contributed by atoms with Crippen LogP contribution in [-0.2, 0) is 23.0 Å². The summed E-state index contributed by atoms with van der Waals surface area (Å²) < 4.78 is 19.3. The van der Waals surface area contributed by atoms with Crippen LogP contribution in [0.3, 0.4) is 0 Å². The summed E-state index contributed by atoms with van der Waals surface area (Å²) in [6.07, 6.45) is 8.59. The third-order valence-electron chi connectivity index (χ3n) is 10.9. The standard InChI is InChI=1S/C31H37NO5/c1-28(34,12-11-19-5-8-21(33)9-6-19)23-18-29-13-14-31(23,36-4)27-30(29)15-16-32(2)24(29)17-20-7-10-22(35-3)26(37-27)25(20)30/h5-10,13-14,23-24,27,33-34H,11-12,15-18H2,1-4H3/t23-,24-,27-,28-,29-,30+,31-/m1/s1.